The molecule has 140 valence electrons. The van der Waals surface area contributed by atoms with Gasteiger partial charge in [-0.1, -0.05) is 0 Å². The Bertz CT molecular complexity index is 1110. The highest BCUT2D eigenvalue weighted by Gasteiger charge is 2.14. The number of fused-ring (bicyclic) bond motifs is 1. The summed E-state index contributed by atoms with van der Waals surface area (Å²) in [7, 11) is 1.44. The molecule has 0 unspecified atom stereocenters. The Hall–Kier alpha value is -2.45. The number of benzene rings is 1. The first-order chi connectivity index (χ1) is 12.5. The first-order valence-corrected chi connectivity index (χ1v) is 8.95. The minimum Gasteiger partial charge on any atom is -0.494 e. The van der Waals surface area contributed by atoms with Gasteiger partial charge in [0.1, 0.15) is 11.3 Å². The van der Waals surface area contributed by atoms with E-state index in [9.17, 15) is 4.39 Å². The normalized spacial score (nSPS) is 10.7. The molecule has 0 aliphatic heterocycles. The topological polar surface area (TPSA) is 51.5 Å². The predicted octanol–water partition coefficient (Wildman–Crippen LogP) is 5.54. The Balaban J connectivity index is 0.00000210. The fraction of sp³-hybridized carbons (Fsp3) is 0.158. The van der Waals surface area contributed by atoms with Crippen molar-refractivity contribution in [1.29, 1.82) is 0 Å². The summed E-state index contributed by atoms with van der Waals surface area (Å²) in [5.41, 5.74) is 5.40. The average molecular weight is 449 g/mol. The molecule has 1 aromatic carbocycles. The molecule has 3 heterocycles. The fourth-order valence-electron chi connectivity index (χ4n) is 2.88. The van der Waals surface area contributed by atoms with E-state index >= 15 is 0 Å². The van der Waals surface area contributed by atoms with Crippen LogP contribution in [0, 0.1) is 19.7 Å². The van der Waals surface area contributed by atoms with Crippen molar-refractivity contribution in [1.82, 2.24) is 14.4 Å². The Labute approximate surface area is 170 Å². The summed E-state index contributed by atoms with van der Waals surface area (Å²) in [5.74, 6) is -0.200. The number of halogens is 2. The molecule has 0 atom stereocenters. The zero-order valence-electron chi connectivity index (χ0n) is 15.0. The number of nitrogens with zero attached hydrogens (tertiary/aromatic N) is 3. The first kappa shape index (κ1) is 19.3. The minimum absolute atomic E-state index is 0. The largest absolute Gasteiger partial charge is 0.494 e. The molecule has 8 heteroatoms. The van der Waals surface area contributed by atoms with Gasteiger partial charge < -0.3 is 10.1 Å². The number of aromatic nitrogens is 3. The van der Waals surface area contributed by atoms with Gasteiger partial charge in [0.2, 0.25) is 0 Å². The molecule has 1 N–H and O–H groups in total. The van der Waals surface area contributed by atoms with E-state index in [1.54, 1.807) is 12.1 Å². The van der Waals surface area contributed by atoms with E-state index in [1.165, 1.54) is 24.5 Å². The van der Waals surface area contributed by atoms with Crippen molar-refractivity contribution in [3.63, 3.8) is 0 Å². The van der Waals surface area contributed by atoms with E-state index in [1.807, 2.05) is 42.0 Å². The predicted molar refractivity (Wildman–Crippen MR) is 112 cm³/mol. The van der Waals surface area contributed by atoms with Crippen LogP contribution in [0.15, 0.2) is 41.9 Å². The van der Waals surface area contributed by atoms with Crippen LogP contribution in [0.3, 0.4) is 0 Å². The highest BCUT2D eigenvalue weighted by atomic mass is 79.9. The lowest BCUT2D eigenvalue weighted by atomic mass is 10.2. The summed E-state index contributed by atoms with van der Waals surface area (Å²) in [6.07, 6.45) is 2.01. The monoisotopic (exact) mass is 448 g/mol. The lowest BCUT2D eigenvalue weighted by Crippen LogP contribution is -1.94. The summed E-state index contributed by atoms with van der Waals surface area (Å²) in [6, 6.07) is 8.82. The number of nitrogens with one attached hydrogen (secondary N) is 1. The van der Waals surface area contributed by atoms with Gasteiger partial charge in [-0.3, -0.25) is 4.40 Å². The summed E-state index contributed by atoms with van der Waals surface area (Å²) < 4.78 is 20.8. The third kappa shape index (κ3) is 3.68. The van der Waals surface area contributed by atoms with Crippen molar-refractivity contribution in [3.05, 3.63) is 59.0 Å². The van der Waals surface area contributed by atoms with E-state index in [0.717, 1.165) is 28.3 Å². The van der Waals surface area contributed by atoms with Crippen LogP contribution in [-0.2, 0) is 0 Å². The number of aryl methyl sites for hydroxylation is 2. The van der Waals surface area contributed by atoms with Gasteiger partial charge in [-0.25, -0.2) is 14.4 Å². The molecular formula is C19H18BrFN4OS. The van der Waals surface area contributed by atoms with E-state index < -0.39 is 5.82 Å². The molecule has 0 bridgehead atoms. The summed E-state index contributed by atoms with van der Waals surface area (Å²) >= 11 is 1.46. The van der Waals surface area contributed by atoms with E-state index in [0.29, 0.717) is 10.8 Å². The standard InChI is InChI=1S/C19H17FN4OS.BrH/c1-11-6-7-24-17(8-11)21-12(2)18(24)15-10-26-19(23-15)22-13-4-5-16(25-3)14(20)9-13;/h4-10H,1-3H3,(H,22,23);1H. The van der Waals surface area contributed by atoms with E-state index in [-0.39, 0.29) is 22.7 Å². The van der Waals surface area contributed by atoms with Crippen LogP contribution in [0.25, 0.3) is 17.0 Å². The Morgan fingerprint density at radius 2 is 1.96 bits per heavy atom. The highest BCUT2D eigenvalue weighted by Crippen LogP contribution is 2.31. The molecule has 0 saturated heterocycles. The van der Waals surface area contributed by atoms with Crippen molar-refractivity contribution in [2.45, 2.75) is 13.8 Å². The van der Waals surface area contributed by atoms with Gasteiger partial charge >= 0.3 is 0 Å². The van der Waals surface area contributed by atoms with Crippen molar-refractivity contribution >= 4 is 44.8 Å². The molecule has 0 radical (unpaired) electrons. The average Bonchev–Trinajstić information content (AvgIpc) is 3.17. The third-order valence-electron chi connectivity index (χ3n) is 4.11. The number of pyridine rings is 1. The van der Waals surface area contributed by atoms with Crippen LogP contribution >= 0.6 is 28.3 Å². The number of hydrogen-bond acceptors (Lipinski definition) is 5. The van der Waals surface area contributed by atoms with Crippen LogP contribution < -0.4 is 10.1 Å². The zero-order chi connectivity index (χ0) is 18.3. The van der Waals surface area contributed by atoms with Crippen LogP contribution in [-0.4, -0.2) is 21.5 Å². The quantitative estimate of drug-likeness (QED) is 0.444. The van der Waals surface area contributed by atoms with Gasteiger partial charge in [0.15, 0.2) is 16.7 Å². The maximum Gasteiger partial charge on any atom is 0.187 e. The van der Waals surface area contributed by atoms with Crippen LogP contribution in [0.1, 0.15) is 11.3 Å². The maximum absolute atomic E-state index is 13.8. The van der Waals surface area contributed by atoms with E-state index in [4.69, 9.17) is 4.74 Å². The molecule has 0 spiro atoms. The molecular weight excluding hydrogens is 431 g/mol. The lowest BCUT2D eigenvalue weighted by Gasteiger charge is -2.05. The van der Waals surface area contributed by atoms with Gasteiger partial charge in [-0.2, -0.15) is 0 Å². The van der Waals surface area contributed by atoms with Crippen LogP contribution in [0.4, 0.5) is 15.2 Å². The third-order valence-corrected chi connectivity index (χ3v) is 4.86. The molecule has 27 heavy (non-hydrogen) atoms. The molecule has 0 fully saturated rings. The summed E-state index contributed by atoms with van der Waals surface area (Å²) in [5, 5.41) is 5.79. The maximum atomic E-state index is 13.8. The number of imidazole rings is 1. The number of hydrogen-bond donors (Lipinski definition) is 1. The van der Waals surface area contributed by atoms with Gasteiger partial charge in [0.25, 0.3) is 0 Å². The zero-order valence-corrected chi connectivity index (χ0v) is 17.5. The smallest absolute Gasteiger partial charge is 0.187 e. The fourth-order valence-corrected chi connectivity index (χ4v) is 3.60. The molecule has 0 aliphatic carbocycles. The first-order valence-electron chi connectivity index (χ1n) is 8.07. The molecule has 5 nitrogen and oxygen atoms in total. The molecule has 3 aromatic heterocycles. The van der Waals surface area contributed by atoms with Crippen molar-refractivity contribution in [2.75, 3.05) is 12.4 Å². The number of thiazole rings is 1. The molecule has 4 rings (SSSR count). The van der Waals surface area contributed by atoms with Crippen LogP contribution in [0.5, 0.6) is 5.75 Å². The number of anilines is 2. The van der Waals surface area contributed by atoms with Crippen LogP contribution in [0.2, 0.25) is 0 Å². The second kappa shape index (κ2) is 7.66. The molecule has 4 aromatic rings. The van der Waals surface area contributed by atoms with Gasteiger partial charge in [0, 0.05) is 23.3 Å². The Morgan fingerprint density at radius 3 is 2.70 bits per heavy atom. The van der Waals surface area contributed by atoms with Gasteiger partial charge in [-0.15, -0.1) is 28.3 Å². The van der Waals surface area contributed by atoms with E-state index in [2.05, 4.69) is 15.3 Å². The summed E-state index contributed by atoms with van der Waals surface area (Å²) in [4.78, 5) is 9.26. The Morgan fingerprint density at radius 1 is 1.15 bits per heavy atom. The van der Waals surface area contributed by atoms with Gasteiger partial charge in [0.05, 0.1) is 18.5 Å². The summed E-state index contributed by atoms with van der Waals surface area (Å²) in [6.45, 7) is 4.02. The second-order valence-electron chi connectivity index (χ2n) is 5.99. The van der Waals surface area contributed by atoms with Crippen molar-refractivity contribution in [3.8, 4) is 17.1 Å². The number of ether oxygens (including phenoxy) is 1. The molecule has 0 saturated carbocycles. The SMILES string of the molecule is Br.COc1ccc(Nc2nc(-c3c(C)nc4cc(C)ccn34)cs2)cc1F. The second-order valence-corrected chi connectivity index (χ2v) is 6.85. The molecule has 0 amide bonds. The minimum atomic E-state index is -0.415. The number of rotatable bonds is 4. The number of methoxy groups -OCH3 is 1. The van der Waals surface area contributed by atoms with Gasteiger partial charge in [-0.05, 0) is 43.7 Å². The lowest BCUT2D eigenvalue weighted by molar-refractivity contribution is 0.386. The Kier molecular flexibility index (Phi) is 5.48. The highest BCUT2D eigenvalue weighted by molar-refractivity contribution is 8.93. The molecule has 0 aliphatic rings. The van der Waals surface area contributed by atoms with Crippen molar-refractivity contribution in [2.24, 2.45) is 0 Å². The van der Waals surface area contributed by atoms with Crippen molar-refractivity contribution < 1.29 is 9.13 Å².